The van der Waals surface area contributed by atoms with Gasteiger partial charge in [-0.3, -0.25) is 0 Å². The minimum Gasteiger partial charge on any atom is -0.394 e. The second-order valence-corrected chi connectivity index (χ2v) is 4.89. The van der Waals surface area contributed by atoms with Crippen molar-refractivity contribution in [3.63, 3.8) is 0 Å². The van der Waals surface area contributed by atoms with Crippen LogP contribution in [0.5, 0.6) is 0 Å². The molecule has 0 bridgehead atoms. The zero-order valence-corrected chi connectivity index (χ0v) is 11.1. The van der Waals surface area contributed by atoms with Crippen LogP contribution in [0.2, 0.25) is 0 Å². The highest BCUT2D eigenvalue weighted by Crippen LogP contribution is 2.26. The van der Waals surface area contributed by atoms with Crippen molar-refractivity contribution < 1.29 is 14.9 Å². The van der Waals surface area contributed by atoms with E-state index in [-0.39, 0.29) is 19.3 Å². The van der Waals surface area contributed by atoms with E-state index in [0.717, 1.165) is 22.3 Å². The molecule has 1 saturated heterocycles. The molecule has 4 nitrogen and oxygen atoms in total. The van der Waals surface area contributed by atoms with Gasteiger partial charge in [0.15, 0.2) is 0 Å². The summed E-state index contributed by atoms with van der Waals surface area (Å²) in [7, 11) is 0. The predicted octanol–water partition coefficient (Wildman–Crippen LogP) is 1.14. The predicted molar refractivity (Wildman–Crippen MR) is 69.1 cm³/mol. The molecule has 1 aliphatic heterocycles. The number of halogens is 1. The maximum atomic E-state index is 9.32. The molecule has 0 aromatic heterocycles. The monoisotopic (exact) mass is 301 g/mol. The molecular formula is C12H16BrNO3. The number of nitrogens with zero attached hydrogens (tertiary/aromatic N) is 1. The summed E-state index contributed by atoms with van der Waals surface area (Å²) in [5, 5.41) is 18.4. The van der Waals surface area contributed by atoms with E-state index in [2.05, 4.69) is 20.8 Å². The van der Waals surface area contributed by atoms with Crippen molar-refractivity contribution >= 4 is 21.6 Å². The molecule has 1 heterocycles. The molecule has 5 heteroatoms. The van der Waals surface area contributed by atoms with Crippen LogP contribution >= 0.6 is 15.9 Å². The fourth-order valence-electron chi connectivity index (χ4n) is 1.99. The van der Waals surface area contributed by atoms with Crippen LogP contribution in [0.3, 0.4) is 0 Å². The SMILES string of the molecule is OCc1ccc(N2CCOCC2CO)cc1Br. The Bertz CT molecular complexity index is 386. The Morgan fingerprint density at radius 1 is 1.41 bits per heavy atom. The number of hydrogen-bond acceptors (Lipinski definition) is 4. The second-order valence-electron chi connectivity index (χ2n) is 4.04. The summed E-state index contributed by atoms with van der Waals surface area (Å²) in [5.74, 6) is 0. The molecule has 0 saturated carbocycles. The lowest BCUT2D eigenvalue weighted by Crippen LogP contribution is -2.47. The zero-order chi connectivity index (χ0) is 12.3. The first-order chi connectivity index (χ1) is 8.26. The van der Waals surface area contributed by atoms with Gasteiger partial charge in [-0.15, -0.1) is 0 Å². The second kappa shape index (κ2) is 5.82. The first kappa shape index (κ1) is 12.8. The zero-order valence-electron chi connectivity index (χ0n) is 9.47. The van der Waals surface area contributed by atoms with Crippen molar-refractivity contribution in [1.82, 2.24) is 0 Å². The lowest BCUT2D eigenvalue weighted by atomic mass is 10.1. The molecule has 2 rings (SSSR count). The van der Waals surface area contributed by atoms with Crippen LogP contribution in [0.15, 0.2) is 22.7 Å². The summed E-state index contributed by atoms with van der Waals surface area (Å²) in [6.07, 6.45) is 0. The quantitative estimate of drug-likeness (QED) is 0.879. The van der Waals surface area contributed by atoms with Gasteiger partial charge in [-0.1, -0.05) is 22.0 Å². The van der Waals surface area contributed by atoms with Crippen molar-refractivity contribution in [1.29, 1.82) is 0 Å². The van der Waals surface area contributed by atoms with Crippen molar-refractivity contribution in [2.75, 3.05) is 31.3 Å². The number of ether oxygens (including phenoxy) is 1. The summed E-state index contributed by atoms with van der Waals surface area (Å²) >= 11 is 3.44. The topological polar surface area (TPSA) is 52.9 Å². The van der Waals surface area contributed by atoms with Gasteiger partial charge in [0.25, 0.3) is 0 Å². The highest BCUT2D eigenvalue weighted by molar-refractivity contribution is 9.10. The first-order valence-electron chi connectivity index (χ1n) is 5.60. The number of morpholine rings is 1. The smallest absolute Gasteiger partial charge is 0.0755 e. The third-order valence-corrected chi connectivity index (χ3v) is 3.72. The van der Waals surface area contributed by atoms with Crippen LogP contribution in [-0.2, 0) is 11.3 Å². The molecule has 1 atom stereocenters. The molecular weight excluding hydrogens is 286 g/mol. The van der Waals surface area contributed by atoms with Gasteiger partial charge in [0, 0.05) is 16.7 Å². The number of aliphatic hydroxyl groups excluding tert-OH is 2. The highest BCUT2D eigenvalue weighted by atomic mass is 79.9. The summed E-state index contributed by atoms with van der Waals surface area (Å²) < 4.78 is 6.24. The third-order valence-electron chi connectivity index (χ3n) is 2.98. The summed E-state index contributed by atoms with van der Waals surface area (Å²) in [6, 6.07) is 5.84. The van der Waals surface area contributed by atoms with E-state index in [9.17, 15) is 5.11 Å². The number of anilines is 1. The molecule has 17 heavy (non-hydrogen) atoms. The van der Waals surface area contributed by atoms with Gasteiger partial charge in [0.05, 0.1) is 32.5 Å². The average molecular weight is 302 g/mol. The van der Waals surface area contributed by atoms with Crippen molar-refractivity contribution in [3.05, 3.63) is 28.2 Å². The van der Waals surface area contributed by atoms with Gasteiger partial charge in [-0.25, -0.2) is 0 Å². The van der Waals surface area contributed by atoms with Crippen LogP contribution in [0, 0.1) is 0 Å². The van der Waals surface area contributed by atoms with Gasteiger partial charge >= 0.3 is 0 Å². The molecule has 1 aliphatic rings. The summed E-state index contributed by atoms with van der Waals surface area (Å²) in [6.45, 7) is 2.11. The molecule has 1 aromatic carbocycles. The van der Waals surface area contributed by atoms with Gasteiger partial charge in [-0.05, 0) is 17.7 Å². The summed E-state index contributed by atoms with van der Waals surface area (Å²) in [4.78, 5) is 2.13. The largest absolute Gasteiger partial charge is 0.394 e. The molecule has 0 amide bonds. The first-order valence-corrected chi connectivity index (χ1v) is 6.40. The molecule has 0 radical (unpaired) electrons. The Balaban J connectivity index is 2.23. The molecule has 1 aromatic rings. The van der Waals surface area contributed by atoms with Gasteiger partial charge < -0.3 is 19.8 Å². The number of hydrogen-bond donors (Lipinski definition) is 2. The maximum Gasteiger partial charge on any atom is 0.0755 e. The average Bonchev–Trinajstić information content (AvgIpc) is 2.38. The van der Waals surface area contributed by atoms with E-state index >= 15 is 0 Å². The molecule has 94 valence electrons. The van der Waals surface area contributed by atoms with Gasteiger partial charge in [0.1, 0.15) is 0 Å². The Kier molecular flexibility index (Phi) is 4.39. The number of aliphatic hydroxyl groups is 2. The molecule has 0 spiro atoms. The van der Waals surface area contributed by atoms with Crippen LogP contribution in [0.1, 0.15) is 5.56 Å². The van der Waals surface area contributed by atoms with E-state index in [1.807, 2.05) is 18.2 Å². The van der Waals surface area contributed by atoms with E-state index in [0.29, 0.717) is 13.2 Å². The molecule has 1 unspecified atom stereocenters. The lowest BCUT2D eigenvalue weighted by molar-refractivity contribution is 0.0727. The van der Waals surface area contributed by atoms with Crippen LogP contribution in [-0.4, -0.2) is 42.6 Å². The fraction of sp³-hybridized carbons (Fsp3) is 0.500. The normalized spacial score (nSPS) is 20.6. The van der Waals surface area contributed by atoms with E-state index in [1.54, 1.807) is 0 Å². The molecule has 1 fully saturated rings. The third kappa shape index (κ3) is 2.80. The molecule has 0 aliphatic carbocycles. The fourth-order valence-corrected chi connectivity index (χ4v) is 2.48. The van der Waals surface area contributed by atoms with E-state index in [4.69, 9.17) is 9.84 Å². The van der Waals surface area contributed by atoms with Crippen LogP contribution in [0.25, 0.3) is 0 Å². The minimum atomic E-state index is 0.00984. The Morgan fingerprint density at radius 2 is 2.24 bits per heavy atom. The van der Waals surface area contributed by atoms with E-state index in [1.165, 1.54) is 0 Å². The highest BCUT2D eigenvalue weighted by Gasteiger charge is 2.22. The van der Waals surface area contributed by atoms with Gasteiger partial charge in [0.2, 0.25) is 0 Å². The Hall–Kier alpha value is -0.620. The van der Waals surface area contributed by atoms with E-state index < -0.39 is 0 Å². The number of benzene rings is 1. The van der Waals surface area contributed by atoms with Crippen molar-refractivity contribution in [2.45, 2.75) is 12.6 Å². The lowest BCUT2D eigenvalue weighted by Gasteiger charge is -2.36. The summed E-state index contributed by atoms with van der Waals surface area (Å²) in [5.41, 5.74) is 1.90. The van der Waals surface area contributed by atoms with Crippen LogP contribution < -0.4 is 4.90 Å². The number of rotatable bonds is 3. The Labute approximate surface area is 109 Å². The van der Waals surface area contributed by atoms with Crippen molar-refractivity contribution in [3.8, 4) is 0 Å². The molecule has 2 N–H and O–H groups in total. The van der Waals surface area contributed by atoms with Gasteiger partial charge in [-0.2, -0.15) is 0 Å². The van der Waals surface area contributed by atoms with Crippen molar-refractivity contribution in [2.24, 2.45) is 0 Å². The maximum absolute atomic E-state index is 9.32. The standard InChI is InChI=1S/C12H16BrNO3/c13-12-5-10(2-1-9(12)6-15)14-3-4-17-8-11(14)7-16/h1-2,5,11,15-16H,3-4,6-8H2. The Morgan fingerprint density at radius 3 is 2.88 bits per heavy atom. The minimum absolute atomic E-state index is 0.00984. The van der Waals surface area contributed by atoms with Crippen LogP contribution in [0.4, 0.5) is 5.69 Å².